The highest BCUT2D eigenvalue weighted by Gasteiger charge is 2.60. The Labute approximate surface area is 156 Å². The van der Waals surface area contributed by atoms with E-state index in [4.69, 9.17) is 9.97 Å². The Morgan fingerprint density at radius 3 is 2.96 bits per heavy atom. The highest BCUT2D eigenvalue weighted by Crippen LogP contribution is 2.62. The Morgan fingerprint density at radius 2 is 2.11 bits per heavy atom. The summed E-state index contributed by atoms with van der Waals surface area (Å²) >= 11 is 0. The highest BCUT2D eigenvalue weighted by atomic mass is 16.1. The fourth-order valence-electron chi connectivity index (χ4n) is 4.60. The van der Waals surface area contributed by atoms with E-state index in [0.29, 0.717) is 18.5 Å². The SMILES string of the molecule is Cc1nc2cccc(C3CC34CNC(=O)c3cc[nH]c34)c2nc1NC1CC1. The molecule has 2 fully saturated rings. The van der Waals surface area contributed by atoms with Crippen LogP contribution in [0, 0.1) is 6.92 Å². The molecule has 1 amide bonds. The molecule has 136 valence electrons. The summed E-state index contributed by atoms with van der Waals surface area (Å²) in [6.45, 7) is 2.69. The predicted molar refractivity (Wildman–Crippen MR) is 103 cm³/mol. The number of carbonyl (C=O) groups excluding carboxylic acids is 1. The Balaban J connectivity index is 1.46. The standard InChI is InChI=1S/C21H21N5O/c1-11-19(25-12-5-6-12)26-17-13(3-2-4-16(17)24-11)15-9-21(15)10-23-20(27)14-7-8-22-18(14)21/h2-4,7-8,12,15,22H,5-6,9-10H2,1H3,(H,23,27)(H,25,26). The van der Waals surface area contributed by atoms with Crippen molar-refractivity contribution >= 4 is 22.8 Å². The first kappa shape index (κ1) is 15.2. The topological polar surface area (TPSA) is 82.7 Å². The van der Waals surface area contributed by atoms with Crippen molar-refractivity contribution in [3.05, 3.63) is 53.0 Å². The molecule has 6 heteroatoms. The maximum Gasteiger partial charge on any atom is 0.253 e. The maximum atomic E-state index is 12.1. The van der Waals surface area contributed by atoms with Crippen LogP contribution in [0.1, 0.15) is 52.5 Å². The highest BCUT2D eigenvalue weighted by molar-refractivity contribution is 5.97. The number of carbonyl (C=O) groups is 1. The number of rotatable bonds is 3. The fourth-order valence-corrected chi connectivity index (χ4v) is 4.60. The van der Waals surface area contributed by atoms with E-state index >= 15 is 0 Å². The molecule has 3 N–H and O–H groups in total. The third-order valence-corrected chi connectivity index (χ3v) is 6.32. The molecule has 1 spiro atoms. The van der Waals surface area contributed by atoms with Gasteiger partial charge in [0.25, 0.3) is 5.91 Å². The van der Waals surface area contributed by atoms with Crippen LogP contribution in [0.4, 0.5) is 5.82 Å². The van der Waals surface area contributed by atoms with Gasteiger partial charge in [0.1, 0.15) is 5.82 Å². The van der Waals surface area contributed by atoms with Crippen LogP contribution in [0.2, 0.25) is 0 Å². The number of aromatic nitrogens is 3. The lowest BCUT2D eigenvalue weighted by molar-refractivity contribution is 0.0936. The molecule has 6 nitrogen and oxygen atoms in total. The molecule has 2 aliphatic carbocycles. The van der Waals surface area contributed by atoms with E-state index < -0.39 is 0 Å². The molecule has 3 aliphatic rings. The molecular weight excluding hydrogens is 338 g/mol. The largest absolute Gasteiger partial charge is 0.366 e. The van der Waals surface area contributed by atoms with E-state index in [9.17, 15) is 4.79 Å². The second-order valence-electron chi connectivity index (χ2n) is 8.15. The first-order valence-electron chi connectivity index (χ1n) is 9.65. The number of hydrogen-bond acceptors (Lipinski definition) is 4. The number of aromatic amines is 1. The summed E-state index contributed by atoms with van der Waals surface area (Å²) in [6, 6.07) is 8.71. The number of aryl methyl sites for hydroxylation is 1. The Morgan fingerprint density at radius 1 is 1.22 bits per heavy atom. The van der Waals surface area contributed by atoms with Crippen molar-refractivity contribution in [1.29, 1.82) is 0 Å². The zero-order valence-electron chi connectivity index (χ0n) is 15.2. The zero-order valence-corrected chi connectivity index (χ0v) is 15.2. The molecule has 3 aromatic rings. The Kier molecular flexibility index (Phi) is 2.86. The first-order chi connectivity index (χ1) is 13.2. The molecule has 1 aliphatic heterocycles. The average Bonchev–Trinajstić information content (AvgIpc) is 3.56. The number of amides is 1. The predicted octanol–water partition coefficient (Wildman–Crippen LogP) is 3.01. The summed E-state index contributed by atoms with van der Waals surface area (Å²) in [4.78, 5) is 25.3. The van der Waals surface area contributed by atoms with Crippen molar-refractivity contribution in [2.75, 3.05) is 11.9 Å². The Bertz CT molecular complexity index is 1100. The van der Waals surface area contributed by atoms with E-state index in [1.54, 1.807) is 0 Å². The van der Waals surface area contributed by atoms with Gasteiger partial charge >= 0.3 is 0 Å². The number of para-hydroxylation sites is 1. The molecule has 2 aromatic heterocycles. The van der Waals surface area contributed by atoms with Crippen molar-refractivity contribution in [2.24, 2.45) is 0 Å². The maximum absolute atomic E-state index is 12.1. The molecule has 0 saturated heterocycles. The summed E-state index contributed by atoms with van der Waals surface area (Å²) in [5, 5.41) is 6.59. The van der Waals surface area contributed by atoms with Crippen LogP contribution in [0.5, 0.6) is 0 Å². The van der Waals surface area contributed by atoms with Crippen molar-refractivity contribution < 1.29 is 4.79 Å². The summed E-state index contributed by atoms with van der Waals surface area (Å²) in [5.41, 5.74) is 5.92. The van der Waals surface area contributed by atoms with Gasteiger partial charge in [-0.05, 0) is 49.8 Å². The van der Waals surface area contributed by atoms with Gasteiger partial charge in [0, 0.05) is 29.9 Å². The van der Waals surface area contributed by atoms with Crippen molar-refractivity contribution in [1.82, 2.24) is 20.3 Å². The van der Waals surface area contributed by atoms with Gasteiger partial charge in [0.05, 0.1) is 22.3 Å². The van der Waals surface area contributed by atoms with Gasteiger partial charge in [0.15, 0.2) is 0 Å². The number of hydrogen-bond donors (Lipinski definition) is 3. The zero-order chi connectivity index (χ0) is 18.2. The normalized spacial score (nSPS) is 26.1. The fraction of sp³-hybridized carbons (Fsp3) is 0.381. The van der Waals surface area contributed by atoms with Crippen LogP contribution in [0.3, 0.4) is 0 Å². The van der Waals surface area contributed by atoms with Gasteiger partial charge in [-0.25, -0.2) is 9.97 Å². The number of nitrogens with one attached hydrogen (secondary N) is 3. The van der Waals surface area contributed by atoms with Crippen LogP contribution in [-0.4, -0.2) is 33.4 Å². The van der Waals surface area contributed by atoms with Crippen LogP contribution in [-0.2, 0) is 5.41 Å². The minimum atomic E-state index is -0.0440. The van der Waals surface area contributed by atoms with Crippen molar-refractivity contribution in [2.45, 2.75) is 43.6 Å². The molecule has 2 atom stereocenters. The van der Waals surface area contributed by atoms with E-state index in [0.717, 1.165) is 40.2 Å². The van der Waals surface area contributed by atoms with Crippen LogP contribution >= 0.6 is 0 Å². The molecule has 3 heterocycles. The number of H-pyrrole nitrogens is 1. The average molecular weight is 359 g/mol. The Hall–Kier alpha value is -2.89. The van der Waals surface area contributed by atoms with Gasteiger partial charge < -0.3 is 15.6 Å². The van der Waals surface area contributed by atoms with Gasteiger partial charge in [-0.3, -0.25) is 4.79 Å². The lowest BCUT2D eigenvalue weighted by Crippen LogP contribution is -2.39. The van der Waals surface area contributed by atoms with E-state index in [1.165, 1.54) is 18.4 Å². The molecule has 0 radical (unpaired) electrons. The van der Waals surface area contributed by atoms with Gasteiger partial charge in [-0.2, -0.15) is 0 Å². The third-order valence-electron chi connectivity index (χ3n) is 6.32. The van der Waals surface area contributed by atoms with Crippen LogP contribution in [0.25, 0.3) is 11.0 Å². The number of fused-ring (bicyclic) bond motifs is 3. The molecular formula is C21H21N5O. The summed E-state index contributed by atoms with van der Waals surface area (Å²) < 4.78 is 0. The molecule has 1 aromatic carbocycles. The number of benzene rings is 1. The molecule has 0 bridgehead atoms. The molecule has 2 unspecified atom stereocenters. The lowest BCUT2D eigenvalue weighted by Gasteiger charge is -2.24. The number of anilines is 1. The van der Waals surface area contributed by atoms with E-state index in [-0.39, 0.29) is 11.3 Å². The quantitative estimate of drug-likeness (QED) is 0.671. The third kappa shape index (κ3) is 2.16. The van der Waals surface area contributed by atoms with Crippen LogP contribution in [0.15, 0.2) is 30.5 Å². The second-order valence-corrected chi connectivity index (χ2v) is 8.15. The van der Waals surface area contributed by atoms with Crippen LogP contribution < -0.4 is 10.6 Å². The molecule has 27 heavy (non-hydrogen) atoms. The van der Waals surface area contributed by atoms with Crippen molar-refractivity contribution in [3.8, 4) is 0 Å². The second kappa shape index (κ2) is 5.09. The first-order valence-corrected chi connectivity index (χ1v) is 9.65. The smallest absolute Gasteiger partial charge is 0.253 e. The minimum absolute atomic E-state index is 0.0202. The molecule has 6 rings (SSSR count). The molecule has 2 saturated carbocycles. The summed E-state index contributed by atoms with van der Waals surface area (Å²) in [7, 11) is 0. The number of nitrogens with zero attached hydrogens (tertiary/aromatic N) is 2. The minimum Gasteiger partial charge on any atom is -0.366 e. The summed E-state index contributed by atoms with van der Waals surface area (Å²) in [5.74, 6) is 1.27. The monoisotopic (exact) mass is 359 g/mol. The van der Waals surface area contributed by atoms with E-state index in [1.807, 2.05) is 25.3 Å². The summed E-state index contributed by atoms with van der Waals surface area (Å²) in [6.07, 6.45) is 5.31. The van der Waals surface area contributed by atoms with Gasteiger partial charge in [0.2, 0.25) is 0 Å². The lowest BCUT2D eigenvalue weighted by atomic mass is 9.89. The van der Waals surface area contributed by atoms with E-state index in [2.05, 4.69) is 27.8 Å². The van der Waals surface area contributed by atoms with Crippen molar-refractivity contribution in [3.63, 3.8) is 0 Å². The van der Waals surface area contributed by atoms with Gasteiger partial charge in [-0.1, -0.05) is 12.1 Å². The van der Waals surface area contributed by atoms with Gasteiger partial charge in [-0.15, -0.1) is 0 Å².